The van der Waals surface area contributed by atoms with Gasteiger partial charge in [0.05, 0.1) is 5.56 Å². The van der Waals surface area contributed by atoms with Gasteiger partial charge in [0, 0.05) is 0 Å². The van der Waals surface area contributed by atoms with Crippen LogP contribution in [-0.4, -0.2) is 12.1 Å². The van der Waals surface area contributed by atoms with Crippen LogP contribution in [0, 0.1) is 11.8 Å². The Morgan fingerprint density at radius 1 is 0.697 bits per heavy atom. The second kappa shape index (κ2) is 14.8. The highest BCUT2D eigenvalue weighted by atomic mass is 16.5. The van der Waals surface area contributed by atoms with Gasteiger partial charge in [-0.05, 0) is 86.8 Å². The molecule has 0 N–H and O–H groups in total. The van der Waals surface area contributed by atoms with Crippen molar-refractivity contribution in [2.75, 3.05) is 0 Å². The predicted octanol–water partition coefficient (Wildman–Crippen LogP) is 9.62. The molecule has 2 heteroatoms. The molecule has 0 amide bonds. The third-order valence-electron chi connectivity index (χ3n) is 8.46. The molecule has 2 nitrogen and oxygen atoms in total. The van der Waals surface area contributed by atoms with Crippen LogP contribution in [0.3, 0.4) is 0 Å². The van der Waals surface area contributed by atoms with Crippen LogP contribution in [0.5, 0.6) is 0 Å². The van der Waals surface area contributed by atoms with Gasteiger partial charge in [0.1, 0.15) is 6.10 Å². The Hall–Kier alpha value is -1.31. The fourth-order valence-electron chi connectivity index (χ4n) is 6.15. The zero-order valence-electron chi connectivity index (χ0n) is 21.7. The summed E-state index contributed by atoms with van der Waals surface area (Å²) in [5.74, 6) is 2.35. The lowest BCUT2D eigenvalue weighted by Crippen LogP contribution is -2.24. The van der Waals surface area contributed by atoms with E-state index in [0.717, 1.165) is 30.2 Å². The average molecular weight is 455 g/mol. The number of unbranched alkanes of at least 4 members (excludes halogenated alkanes) is 6. The third-order valence-corrected chi connectivity index (χ3v) is 8.46. The van der Waals surface area contributed by atoms with Crippen LogP contribution >= 0.6 is 0 Å². The van der Waals surface area contributed by atoms with E-state index in [0.29, 0.717) is 5.92 Å². The van der Waals surface area contributed by atoms with Crippen LogP contribution in [0.15, 0.2) is 24.3 Å². The molecule has 0 heterocycles. The molecule has 0 spiro atoms. The zero-order valence-corrected chi connectivity index (χ0v) is 21.7. The fourth-order valence-corrected chi connectivity index (χ4v) is 6.15. The van der Waals surface area contributed by atoms with Crippen molar-refractivity contribution in [2.45, 2.75) is 141 Å². The SMILES string of the molecule is CCCCCCCC1CCC(c2ccc(C(=O)OC3CCC(CCCCC)CC3)cc2)CC1. The van der Waals surface area contributed by atoms with Gasteiger partial charge in [-0.1, -0.05) is 90.2 Å². The lowest BCUT2D eigenvalue weighted by Gasteiger charge is -2.29. The van der Waals surface area contributed by atoms with E-state index >= 15 is 0 Å². The zero-order chi connectivity index (χ0) is 23.3. The molecule has 0 atom stereocenters. The van der Waals surface area contributed by atoms with Gasteiger partial charge in [-0.25, -0.2) is 4.79 Å². The molecule has 2 aliphatic rings. The van der Waals surface area contributed by atoms with Crippen molar-refractivity contribution in [3.05, 3.63) is 35.4 Å². The number of carbonyl (C=O) groups excluding carboxylic acids is 1. The maximum atomic E-state index is 12.7. The lowest BCUT2D eigenvalue weighted by atomic mass is 9.77. The molecule has 3 rings (SSSR count). The highest BCUT2D eigenvalue weighted by molar-refractivity contribution is 5.89. The number of ether oxygens (including phenoxy) is 1. The standard InChI is InChI=1S/C31H50O2/c1-3-5-7-8-10-12-25-13-17-27(18-14-25)28-19-21-29(22-20-28)31(32)33-30-23-15-26(16-24-30)11-9-6-4-2/h19-22,25-27,30H,3-18,23-24H2,1-2H3. The maximum absolute atomic E-state index is 12.7. The summed E-state index contributed by atoms with van der Waals surface area (Å²) in [6.07, 6.45) is 23.8. The van der Waals surface area contributed by atoms with Gasteiger partial charge < -0.3 is 4.74 Å². The van der Waals surface area contributed by atoms with E-state index in [1.54, 1.807) is 0 Å². The highest BCUT2D eigenvalue weighted by Gasteiger charge is 2.25. The second-order valence-electron chi connectivity index (χ2n) is 11.1. The first kappa shape index (κ1) is 26.3. The molecular weight excluding hydrogens is 404 g/mol. The first-order valence-corrected chi connectivity index (χ1v) is 14.5. The van der Waals surface area contributed by atoms with E-state index in [9.17, 15) is 4.79 Å². The van der Waals surface area contributed by atoms with Gasteiger partial charge in [0.25, 0.3) is 0 Å². The summed E-state index contributed by atoms with van der Waals surface area (Å²) < 4.78 is 5.87. The summed E-state index contributed by atoms with van der Waals surface area (Å²) in [5.41, 5.74) is 2.14. The number of hydrogen-bond acceptors (Lipinski definition) is 2. The largest absolute Gasteiger partial charge is 0.459 e. The van der Waals surface area contributed by atoms with Crippen LogP contribution in [0.25, 0.3) is 0 Å². The predicted molar refractivity (Wildman–Crippen MR) is 140 cm³/mol. The number of benzene rings is 1. The Balaban J connectivity index is 1.35. The van der Waals surface area contributed by atoms with Crippen molar-refractivity contribution < 1.29 is 9.53 Å². The van der Waals surface area contributed by atoms with E-state index in [1.807, 2.05) is 12.1 Å². The molecule has 0 aliphatic heterocycles. The van der Waals surface area contributed by atoms with Crippen LogP contribution in [0.2, 0.25) is 0 Å². The first-order chi connectivity index (χ1) is 16.2. The molecule has 0 aromatic heterocycles. The Bertz CT molecular complexity index is 648. The van der Waals surface area contributed by atoms with Gasteiger partial charge in [-0.2, -0.15) is 0 Å². The van der Waals surface area contributed by atoms with Crippen molar-refractivity contribution in [2.24, 2.45) is 11.8 Å². The molecule has 2 fully saturated rings. The minimum atomic E-state index is -0.122. The highest BCUT2D eigenvalue weighted by Crippen LogP contribution is 2.38. The number of carbonyl (C=O) groups is 1. The molecule has 0 bridgehead atoms. The molecule has 0 saturated heterocycles. The number of rotatable bonds is 13. The first-order valence-electron chi connectivity index (χ1n) is 14.5. The lowest BCUT2D eigenvalue weighted by molar-refractivity contribution is 0.0161. The summed E-state index contributed by atoms with van der Waals surface area (Å²) in [6.45, 7) is 4.56. The molecule has 2 saturated carbocycles. The second-order valence-corrected chi connectivity index (χ2v) is 11.1. The van der Waals surface area contributed by atoms with Gasteiger partial charge in [0.15, 0.2) is 0 Å². The Labute approximate surface area is 204 Å². The minimum Gasteiger partial charge on any atom is -0.459 e. The minimum absolute atomic E-state index is 0.122. The molecular formula is C31H50O2. The monoisotopic (exact) mass is 454 g/mol. The van der Waals surface area contributed by atoms with Crippen LogP contribution in [0.1, 0.15) is 151 Å². The van der Waals surface area contributed by atoms with E-state index in [-0.39, 0.29) is 12.1 Å². The molecule has 33 heavy (non-hydrogen) atoms. The van der Waals surface area contributed by atoms with Crippen LogP contribution in [0.4, 0.5) is 0 Å². The summed E-state index contributed by atoms with van der Waals surface area (Å²) in [7, 11) is 0. The van der Waals surface area contributed by atoms with E-state index in [4.69, 9.17) is 4.74 Å². The molecule has 0 radical (unpaired) electrons. The van der Waals surface area contributed by atoms with E-state index in [2.05, 4.69) is 26.0 Å². The van der Waals surface area contributed by atoms with E-state index in [1.165, 1.54) is 108 Å². The topological polar surface area (TPSA) is 26.3 Å². The van der Waals surface area contributed by atoms with Crippen LogP contribution in [-0.2, 0) is 4.74 Å². The average Bonchev–Trinajstić information content (AvgIpc) is 2.86. The Kier molecular flexibility index (Phi) is 11.8. The molecule has 0 unspecified atom stereocenters. The van der Waals surface area contributed by atoms with E-state index < -0.39 is 0 Å². The molecule has 186 valence electrons. The maximum Gasteiger partial charge on any atom is 0.338 e. The Morgan fingerprint density at radius 3 is 1.82 bits per heavy atom. The van der Waals surface area contributed by atoms with Crippen LogP contribution < -0.4 is 0 Å². The quantitative estimate of drug-likeness (QED) is 0.219. The molecule has 1 aromatic rings. The molecule has 2 aliphatic carbocycles. The van der Waals surface area contributed by atoms with Gasteiger partial charge in [-0.3, -0.25) is 0 Å². The van der Waals surface area contributed by atoms with Gasteiger partial charge in [0.2, 0.25) is 0 Å². The summed E-state index contributed by atoms with van der Waals surface area (Å²) in [4.78, 5) is 12.7. The number of esters is 1. The third kappa shape index (κ3) is 9.10. The van der Waals surface area contributed by atoms with Crippen molar-refractivity contribution in [3.63, 3.8) is 0 Å². The van der Waals surface area contributed by atoms with Crippen molar-refractivity contribution in [1.29, 1.82) is 0 Å². The van der Waals surface area contributed by atoms with Gasteiger partial charge in [-0.15, -0.1) is 0 Å². The van der Waals surface area contributed by atoms with Crippen molar-refractivity contribution in [3.8, 4) is 0 Å². The molecule has 1 aromatic carbocycles. The normalized spacial score (nSPS) is 25.6. The number of hydrogen-bond donors (Lipinski definition) is 0. The summed E-state index contributed by atoms with van der Waals surface area (Å²) >= 11 is 0. The summed E-state index contributed by atoms with van der Waals surface area (Å²) in [6, 6.07) is 8.40. The van der Waals surface area contributed by atoms with Crippen molar-refractivity contribution in [1.82, 2.24) is 0 Å². The summed E-state index contributed by atoms with van der Waals surface area (Å²) in [5, 5.41) is 0. The van der Waals surface area contributed by atoms with Gasteiger partial charge >= 0.3 is 5.97 Å². The van der Waals surface area contributed by atoms with Crippen molar-refractivity contribution >= 4 is 5.97 Å². The smallest absolute Gasteiger partial charge is 0.338 e. The fraction of sp³-hybridized carbons (Fsp3) is 0.774. The Morgan fingerprint density at radius 2 is 1.21 bits per heavy atom.